The number of Topliss-reactive ketones (excluding diaryl/α,β-unsaturated/α-hetero) is 1. The van der Waals surface area contributed by atoms with Gasteiger partial charge in [-0.2, -0.15) is 0 Å². The summed E-state index contributed by atoms with van der Waals surface area (Å²) < 4.78 is 0. The van der Waals surface area contributed by atoms with Crippen LogP contribution in [-0.4, -0.2) is 43.3 Å². The third kappa shape index (κ3) is 3.57. The van der Waals surface area contributed by atoms with Crippen LogP contribution in [0.1, 0.15) is 23.7 Å². The van der Waals surface area contributed by atoms with Crippen LogP contribution in [0, 0.1) is 5.41 Å². The van der Waals surface area contributed by atoms with Crippen molar-refractivity contribution in [2.75, 3.05) is 26.7 Å². The standard InChI is InChI=1S/C15H18Cl2N2O2/c1-15(14(21)18-2)5-6-19(9-15)8-13(20)10-3-4-11(16)12(17)7-10/h3-4,7H,5-6,8-9H2,1-2H3,(H,18,21). The second-order valence-electron chi connectivity index (χ2n) is 5.65. The first-order chi connectivity index (χ1) is 9.85. The number of ketones is 1. The van der Waals surface area contributed by atoms with Gasteiger partial charge in [-0.3, -0.25) is 14.5 Å². The molecular formula is C15H18Cl2N2O2. The van der Waals surface area contributed by atoms with E-state index in [-0.39, 0.29) is 18.2 Å². The number of likely N-dealkylation sites (tertiary alicyclic amines) is 1. The maximum atomic E-state index is 12.3. The summed E-state index contributed by atoms with van der Waals surface area (Å²) in [5, 5.41) is 3.49. The quantitative estimate of drug-likeness (QED) is 0.864. The predicted octanol–water partition coefficient (Wildman–Crippen LogP) is 2.63. The van der Waals surface area contributed by atoms with Crippen molar-refractivity contribution in [1.82, 2.24) is 10.2 Å². The molecule has 1 heterocycles. The van der Waals surface area contributed by atoms with Crippen molar-refractivity contribution >= 4 is 34.9 Å². The Kier molecular flexibility index (Phi) is 4.91. The van der Waals surface area contributed by atoms with Crippen LogP contribution in [0.25, 0.3) is 0 Å². The lowest BCUT2D eigenvalue weighted by Crippen LogP contribution is -2.40. The molecule has 21 heavy (non-hydrogen) atoms. The molecule has 1 saturated heterocycles. The first kappa shape index (κ1) is 16.3. The van der Waals surface area contributed by atoms with Crippen LogP contribution in [0.3, 0.4) is 0 Å². The van der Waals surface area contributed by atoms with Gasteiger partial charge in [-0.05, 0) is 38.1 Å². The molecule has 1 unspecified atom stereocenters. The largest absolute Gasteiger partial charge is 0.359 e. The third-order valence-corrected chi connectivity index (χ3v) is 4.68. The van der Waals surface area contributed by atoms with Crippen molar-refractivity contribution in [1.29, 1.82) is 0 Å². The summed E-state index contributed by atoms with van der Waals surface area (Å²) in [7, 11) is 1.64. The van der Waals surface area contributed by atoms with Crippen molar-refractivity contribution in [2.45, 2.75) is 13.3 Å². The van der Waals surface area contributed by atoms with E-state index >= 15 is 0 Å². The van der Waals surface area contributed by atoms with Gasteiger partial charge >= 0.3 is 0 Å². The Morgan fingerprint density at radius 2 is 2.05 bits per heavy atom. The lowest BCUT2D eigenvalue weighted by molar-refractivity contribution is -0.129. The number of amides is 1. The molecule has 0 aromatic heterocycles. The molecule has 2 rings (SSSR count). The average molecular weight is 329 g/mol. The first-order valence-corrected chi connectivity index (χ1v) is 7.54. The SMILES string of the molecule is CNC(=O)C1(C)CCN(CC(=O)c2ccc(Cl)c(Cl)c2)C1. The first-order valence-electron chi connectivity index (χ1n) is 6.78. The molecule has 1 aliphatic heterocycles. The van der Waals surface area contributed by atoms with Crippen molar-refractivity contribution < 1.29 is 9.59 Å². The van der Waals surface area contributed by atoms with Crippen LogP contribution >= 0.6 is 23.2 Å². The number of hydrogen-bond acceptors (Lipinski definition) is 3. The van der Waals surface area contributed by atoms with E-state index in [1.807, 2.05) is 11.8 Å². The number of hydrogen-bond donors (Lipinski definition) is 1. The molecule has 1 aromatic rings. The van der Waals surface area contributed by atoms with Crippen LogP contribution in [0.5, 0.6) is 0 Å². The zero-order valence-electron chi connectivity index (χ0n) is 12.1. The number of carbonyl (C=O) groups is 2. The summed E-state index contributed by atoms with van der Waals surface area (Å²) in [5.41, 5.74) is 0.116. The Morgan fingerprint density at radius 1 is 1.33 bits per heavy atom. The van der Waals surface area contributed by atoms with E-state index in [0.717, 1.165) is 13.0 Å². The fraction of sp³-hybridized carbons (Fsp3) is 0.467. The normalized spacial score (nSPS) is 22.3. The van der Waals surface area contributed by atoms with E-state index in [4.69, 9.17) is 23.2 Å². The van der Waals surface area contributed by atoms with Gasteiger partial charge in [0.15, 0.2) is 5.78 Å². The van der Waals surface area contributed by atoms with Gasteiger partial charge in [0.2, 0.25) is 5.91 Å². The van der Waals surface area contributed by atoms with Gasteiger partial charge in [-0.15, -0.1) is 0 Å². The highest BCUT2D eigenvalue weighted by Crippen LogP contribution is 2.30. The van der Waals surface area contributed by atoms with Gasteiger partial charge in [0.05, 0.1) is 22.0 Å². The third-order valence-electron chi connectivity index (χ3n) is 3.94. The number of halogens is 2. The van der Waals surface area contributed by atoms with Gasteiger partial charge in [0.25, 0.3) is 0 Å². The van der Waals surface area contributed by atoms with Gasteiger partial charge in [-0.1, -0.05) is 23.2 Å². The fourth-order valence-electron chi connectivity index (χ4n) is 2.64. The summed E-state index contributed by atoms with van der Waals surface area (Å²) in [6, 6.07) is 4.88. The highest BCUT2D eigenvalue weighted by atomic mass is 35.5. The van der Waals surface area contributed by atoms with Gasteiger partial charge in [-0.25, -0.2) is 0 Å². The second kappa shape index (κ2) is 6.34. The van der Waals surface area contributed by atoms with E-state index in [2.05, 4.69) is 5.32 Å². The summed E-state index contributed by atoms with van der Waals surface area (Å²) in [5.74, 6) is 0.00158. The topological polar surface area (TPSA) is 49.4 Å². The lowest BCUT2D eigenvalue weighted by atomic mass is 9.89. The predicted molar refractivity (Wildman–Crippen MR) is 84.0 cm³/mol. The highest BCUT2D eigenvalue weighted by molar-refractivity contribution is 6.42. The molecule has 1 fully saturated rings. The van der Waals surface area contributed by atoms with Gasteiger partial charge < -0.3 is 5.32 Å². The Balaban J connectivity index is 2.01. The Bertz CT molecular complexity index is 577. The lowest BCUT2D eigenvalue weighted by Gasteiger charge is -2.22. The average Bonchev–Trinajstić information content (AvgIpc) is 2.83. The zero-order chi connectivity index (χ0) is 15.6. The van der Waals surface area contributed by atoms with E-state index in [0.29, 0.717) is 22.2 Å². The summed E-state index contributed by atoms with van der Waals surface area (Å²) in [6.45, 7) is 3.52. The molecule has 114 valence electrons. The summed E-state index contributed by atoms with van der Waals surface area (Å²) in [6.07, 6.45) is 0.751. The molecule has 6 heteroatoms. The smallest absolute Gasteiger partial charge is 0.227 e. The molecule has 1 aliphatic rings. The number of rotatable bonds is 4. The molecule has 0 aliphatic carbocycles. The van der Waals surface area contributed by atoms with Crippen LogP contribution in [-0.2, 0) is 4.79 Å². The minimum atomic E-state index is -0.424. The second-order valence-corrected chi connectivity index (χ2v) is 6.47. The molecular weight excluding hydrogens is 311 g/mol. The van der Waals surface area contributed by atoms with Gasteiger partial charge in [0.1, 0.15) is 0 Å². The molecule has 0 bridgehead atoms. The van der Waals surface area contributed by atoms with E-state index < -0.39 is 5.41 Å². The van der Waals surface area contributed by atoms with Crippen LogP contribution < -0.4 is 5.32 Å². The minimum absolute atomic E-state index is 0.0188. The fourth-order valence-corrected chi connectivity index (χ4v) is 2.94. The molecule has 1 amide bonds. The zero-order valence-corrected chi connectivity index (χ0v) is 13.6. The van der Waals surface area contributed by atoms with Crippen molar-refractivity contribution in [3.8, 4) is 0 Å². The molecule has 0 radical (unpaired) electrons. The molecule has 1 N–H and O–H groups in total. The maximum absolute atomic E-state index is 12.3. The molecule has 4 nitrogen and oxygen atoms in total. The number of nitrogens with one attached hydrogen (secondary N) is 1. The number of nitrogens with zero attached hydrogens (tertiary/aromatic N) is 1. The van der Waals surface area contributed by atoms with Crippen molar-refractivity contribution in [2.24, 2.45) is 5.41 Å². The van der Waals surface area contributed by atoms with E-state index in [1.165, 1.54) is 0 Å². The Hall–Kier alpha value is -1.10. The molecule has 1 aromatic carbocycles. The summed E-state index contributed by atoms with van der Waals surface area (Å²) >= 11 is 11.8. The molecule has 1 atom stereocenters. The monoisotopic (exact) mass is 328 g/mol. The maximum Gasteiger partial charge on any atom is 0.227 e. The van der Waals surface area contributed by atoms with Crippen molar-refractivity contribution in [3.63, 3.8) is 0 Å². The minimum Gasteiger partial charge on any atom is -0.359 e. The Labute approximate surface area is 134 Å². The highest BCUT2D eigenvalue weighted by Gasteiger charge is 2.40. The van der Waals surface area contributed by atoms with E-state index in [9.17, 15) is 9.59 Å². The number of carbonyl (C=O) groups excluding carboxylic acids is 2. The summed E-state index contributed by atoms with van der Waals surface area (Å²) in [4.78, 5) is 26.1. The number of benzene rings is 1. The van der Waals surface area contributed by atoms with Gasteiger partial charge in [0, 0.05) is 19.2 Å². The van der Waals surface area contributed by atoms with Crippen LogP contribution in [0.15, 0.2) is 18.2 Å². The molecule has 0 saturated carbocycles. The van der Waals surface area contributed by atoms with E-state index in [1.54, 1.807) is 25.2 Å². The molecule has 0 spiro atoms. The Morgan fingerprint density at radius 3 is 2.67 bits per heavy atom. The van der Waals surface area contributed by atoms with Crippen LogP contribution in [0.4, 0.5) is 0 Å². The van der Waals surface area contributed by atoms with Crippen LogP contribution in [0.2, 0.25) is 10.0 Å². The van der Waals surface area contributed by atoms with Crippen molar-refractivity contribution in [3.05, 3.63) is 33.8 Å².